The first-order valence-corrected chi connectivity index (χ1v) is 13.4. The van der Waals surface area contributed by atoms with Crippen LogP contribution in [0.25, 0.3) is 22.2 Å². The Morgan fingerprint density at radius 3 is 2.54 bits per heavy atom. The lowest BCUT2D eigenvalue weighted by Gasteiger charge is -2.11. The number of nitrogens with one attached hydrogen (secondary N) is 1. The SMILES string of the molecule is CSc1c(CSc2ccccc2C(=O)Nc2cnc3ccccc3c2)c(-c2ccccc2)nn1C. The van der Waals surface area contributed by atoms with E-state index in [1.54, 1.807) is 29.7 Å². The maximum atomic E-state index is 13.2. The van der Waals surface area contributed by atoms with Crippen LogP contribution < -0.4 is 5.32 Å². The van der Waals surface area contributed by atoms with E-state index in [1.165, 1.54) is 5.56 Å². The summed E-state index contributed by atoms with van der Waals surface area (Å²) in [4.78, 5) is 18.6. The second-order valence-electron chi connectivity index (χ2n) is 7.98. The van der Waals surface area contributed by atoms with E-state index in [0.29, 0.717) is 17.0 Å². The number of aromatic nitrogens is 3. The third-order valence-electron chi connectivity index (χ3n) is 5.68. The molecule has 3 aromatic carbocycles. The lowest BCUT2D eigenvalue weighted by Crippen LogP contribution is -2.13. The number of hydrogen-bond donors (Lipinski definition) is 1. The fourth-order valence-corrected chi connectivity index (χ4v) is 5.91. The van der Waals surface area contributed by atoms with Crippen LogP contribution in [0.2, 0.25) is 0 Å². The Balaban J connectivity index is 1.40. The number of carbonyl (C=O) groups is 1. The van der Waals surface area contributed by atoms with Crippen LogP contribution in [0.15, 0.2) is 101 Å². The van der Waals surface area contributed by atoms with Crippen LogP contribution in [0.4, 0.5) is 5.69 Å². The van der Waals surface area contributed by atoms with Crippen molar-refractivity contribution in [1.82, 2.24) is 14.8 Å². The molecule has 0 unspecified atom stereocenters. The van der Waals surface area contributed by atoms with Crippen molar-refractivity contribution >= 4 is 46.0 Å². The molecule has 0 saturated carbocycles. The standard InChI is InChI=1S/C28H24N4OS2/c1-32-28(34-2)23(26(31-32)19-10-4-3-5-11-19)18-35-25-15-9-7-13-22(25)27(33)30-21-16-20-12-6-8-14-24(20)29-17-21/h3-17H,18H2,1-2H3,(H,30,33). The van der Waals surface area contributed by atoms with Gasteiger partial charge in [0.2, 0.25) is 0 Å². The van der Waals surface area contributed by atoms with Gasteiger partial charge in [-0.15, -0.1) is 23.5 Å². The number of fused-ring (bicyclic) bond motifs is 1. The van der Waals surface area contributed by atoms with Crippen LogP contribution in [0.1, 0.15) is 15.9 Å². The van der Waals surface area contributed by atoms with Gasteiger partial charge in [0.25, 0.3) is 5.91 Å². The van der Waals surface area contributed by atoms with Crippen molar-refractivity contribution in [3.63, 3.8) is 0 Å². The predicted molar refractivity (Wildman–Crippen MR) is 146 cm³/mol. The van der Waals surface area contributed by atoms with E-state index in [9.17, 15) is 4.79 Å². The van der Waals surface area contributed by atoms with Gasteiger partial charge in [-0.3, -0.25) is 14.5 Å². The van der Waals surface area contributed by atoms with Crippen molar-refractivity contribution in [1.29, 1.82) is 0 Å². The van der Waals surface area contributed by atoms with Gasteiger partial charge < -0.3 is 5.32 Å². The maximum absolute atomic E-state index is 13.2. The molecule has 5 rings (SSSR count). The quantitative estimate of drug-likeness (QED) is 0.248. The van der Waals surface area contributed by atoms with E-state index in [4.69, 9.17) is 5.10 Å². The lowest BCUT2D eigenvalue weighted by atomic mass is 10.1. The smallest absolute Gasteiger partial charge is 0.256 e. The normalized spacial score (nSPS) is 11.0. The molecule has 7 heteroatoms. The summed E-state index contributed by atoms with van der Waals surface area (Å²) in [6.45, 7) is 0. The van der Waals surface area contributed by atoms with Gasteiger partial charge in [0.05, 0.1) is 33.7 Å². The van der Waals surface area contributed by atoms with Crippen molar-refractivity contribution in [3.8, 4) is 11.3 Å². The Bertz CT molecular complexity index is 1500. The summed E-state index contributed by atoms with van der Waals surface area (Å²) >= 11 is 3.34. The zero-order valence-electron chi connectivity index (χ0n) is 19.4. The molecule has 0 aliphatic rings. The first kappa shape index (κ1) is 23.2. The Morgan fingerprint density at radius 1 is 0.971 bits per heavy atom. The number of aryl methyl sites for hydroxylation is 1. The van der Waals surface area contributed by atoms with E-state index in [0.717, 1.165) is 32.1 Å². The number of carbonyl (C=O) groups excluding carboxylic acids is 1. The molecule has 0 bridgehead atoms. The van der Waals surface area contributed by atoms with Gasteiger partial charge in [0, 0.05) is 34.2 Å². The summed E-state index contributed by atoms with van der Waals surface area (Å²) in [5, 5.41) is 9.93. The van der Waals surface area contributed by atoms with E-state index in [-0.39, 0.29) is 5.91 Å². The number of thioether (sulfide) groups is 2. The van der Waals surface area contributed by atoms with Crippen LogP contribution in [-0.4, -0.2) is 26.9 Å². The zero-order valence-corrected chi connectivity index (χ0v) is 21.1. The van der Waals surface area contributed by atoms with Crippen molar-refractivity contribution in [2.75, 3.05) is 11.6 Å². The minimum atomic E-state index is -0.148. The molecular weight excluding hydrogens is 472 g/mol. The molecule has 0 aliphatic carbocycles. The summed E-state index contributed by atoms with van der Waals surface area (Å²) < 4.78 is 1.94. The Morgan fingerprint density at radius 2 is 1.71 bits per heavy atom. The van der Waals surface area contributed by atoms with Gasteiger partial charge in [-0.05, 0) is 30.5 Å². The molecule has 5 nitrogen and oxygen atoms in total. The van der Waals surface area contributed by atoms with E-state index >= 15 is 0 Å². The van der Waals surface area contributed by atoms with Crippen LogP contribution in [0.3, 0.4) is 0 Å². The molecule has 0 aliphatic heterocycles. The Kier molecular flexibility index (Phi) is 6.88. The number of anilines is 1. The van der Waals surface area contributed by atoms with Crippen molar-refractivity contribution in [3.05, 3.63) is 102 Å². The largest absolute Gasteiger partial charge is 0.321 e. The third-order valence-corrected chi connectivity index (χ3v) is 7.68. The molecule has 0 saturated heterocycles. The fraction of sp³-hybridized carbons (Fsp3) is 0.107. The molecule has 174 valence electrons. The second kappa shape index (κ2) is 10.4. The van der Waals surface area contributed by atoms with Gasteiger partial charge in [-0.25, -0.2) is 0 Å². The molecule has 2 aromatic heterocycles. The van der Waals surface area contributed by atoms with Crippen molar-refractivity contribution < 1.29 is 4.79 Å². The van der Waals surface area contributed by atoms with Crippen molar-refractivity contribution in [2.45, 2.75) is 15.7 Å². The van der Waals surface area contributed by atoms with Crippen LogP contribution in [0.5, 0.6) is 0 Å². The van der Waals surface area contributed by atoms with Gasteiger partial charge in [-0.2, -0.15) is 5.10 Å². The van der Waals surface area contributed by atoms with Crippen LogP contribution in [0, 0.1) is 0 Å². The van der Waals surface area contributed by atoms with Gasteiger partial charge >= 0.3 is 0 Å². The highest BCUT2D eigenvalue weighted by Crippen LogP contribution is 2.36. The highest BCUT2D eigenvalue weighted by atomic mass is 32.2. The van der Waals surface area contributed by atoms with Gasteiger partial charge in [-0.1, -0.05) is 60.7 Å². The molecule has 5 aromatic rings. The molecule has 1 N–H and O–H groups in total. The number of nitrogens with zero attached hydrogens (tertiary/aromatic N) is 3. The number of para-hydroxylation sites is 1. The van der Waals surface area contributed by atoms with Gasteiger partial charge in [0.1, 0.15) is 0 Å². The molecular formula is C28H24N4OS2. The molecule has 1 amide bonds. The molecule has 35 heavy (non-hydrogen) atoms. The highest BCUT2D eigenvalue weighted by molar-refractivity contribution is 7.99. The monoisotopic (exact) mass is 496 g/mol. The second-order valence-corrected chi connectivity index (χ2v) is 9.79. The average Bonchev–Trinajstić information content (AvgIpc) is 3.23. The zero-order chi connectivity index (χ0) is 24.2. The highest BCUT2D eigenvalue weighted by Gasteiger charge is 2.19. The number of hydrogen-bond acceptors (Lipinski definition) is 5. The third kappa shape index (κ3) is 4.97. The summed E-state index contributed by atoms with van der Waals surface area (Å²) in [6.07, 6.45) is 3.77. The van der Waals surface area contributed by atoms with Gasteiger partial charge in [0.15, 0.2) is 0 Å². The first-order valence-electron chi connectivity index (χ1n) is 11.2. The molecule has 0 radical (unpaired) electrons. The van der Waals surface area contributed by atoms with E-state index in [2.05, 4.69) is 28.7 Å². The summed E-state index contributed by atoms with van der Waals surface area (Å²) in [6, 6.07) is 27.8. The summed E-state index contributed by atoms with van der Waals surface area (Å²) in [5.74, 6) is 0.556. The van der Waals surface area contributed by atoms with Crippen molar-refractivity contribution in [2.24, 2.45) is 7.05 Å². The topological polar surface area (TPSA) is 59.8 Å². The Labute approximate surface area is 213 Å². The van der Waals surface area contributed by atoms with E-state index < -0.39 is 0 Å². The summed E-state index contributed by atoms with van der Waals surface area (Å²) in [7, 11) is 1.98. The number of rotatable bonds is 7. The minimum absolute atomic E-state index is 0.148. The average molecular weight is 497 g/mol. The maximum Gasteiger partial charge on any atom is 0.256 e. The number of pyridine rings is 1. The molecule has 0 spiro atoms. The molecule has 0 fully saturated rings. The minimum Gasteiger partial charge on any atom is -0.321 e. The first-order chi connectivity index (χ1) is 17.1. The van der Waals surface area contributed by atoms with E-state index in [1.807, 2.05) is 84.5 Å². The fourth-order valence-electron chi connectivity index (χ4n) is 4.03. The number of benzene rings is 3. The number of amides is 1. The molecule has 0 atom stereocenters. The summed E-state index contributed by atoms with van der Waals surface area (Å²) in [5.41, 5.74) is 5.46. The lowest BCUT2D eigenvalue weighted by molar-refractivity contribution is 0.102. The van der Waals surface area contributed by atoms with Crippen LogP contribution >= 0.6 is 23.5 Å². The molecule has 2 heterocycles. The van der Waals surface area contributed by atoms with Crippen LogP contribution in [-0.2, 0) is 12.8 Å². The Hall–Kier alpha value is -3.55. The predicted octanol–water partition coefficient (Wildman–Crippen LogP) is 6.90.